The van der Waals surface area contributed by atoms with Crippen LogP contribution in [0.3, 0.4) is 0 Å². The molecule has 0 fully saturated rings. The molecule has 0 aromatic heterocycles. The normalized spacial score (nSPS) is 12.4. The first-order chi connectivity index (χ1) is 9.67. The van der Waals surface area contributed by atoms with Gasteiger partial charge in [-0.25, -0.2) is 9.82 Å². The number of hydrogen-bond acceptors (Lipinski definition) is 2. The van der Waals surface area contributed by atoms with E-state index in [4.69, 9.17) is 17.4 Å². The van der Waals surface area contributed by atoms with E-state index >= 15 is 0 Å². The van der Waals surface area contributed by atoms with Crippen molar-refractivity contribution in [1.82, 2.24) is 5.43 Å². The molecule has 0 aliphatic carbocycles. The maximum absolute atomic E-state index is 14.1. The van der Waals surface area contributed by atoms with Gasteiger partial charge < -0.3 is 0 Å². The van der Waals surface area contributed by atoms with Crippen LogP contribution in [-0.4, -0.2) is 0 Å². The van der Waals surface area contributed by atoms with E-state index in [1.54, 1.807) is 12.1 Å². The highest BCUT2D eigenvalue weighted by Crippen LogP contribution is 2.27. The lowest BCUT2D eigenvalue weighted by Gasteiger charge is -2.18. The van der Waals surface area contributed by atoms with Crippen molar-refractivity contribution in [3.8, 4) is 0 Å². The van der Waals surface area contributed by atoms with E-state index in [0.717, 1.165) is 18.4 Å². The Hall–Kier alpha value is -1.42. The molecule has 0 radical (unpaired) electrons. The van der Waals surface area contributed by atoms with Crippen molar-refractivity contribution in [3.63, 3.8) is 0 Å². The van der Waals surface area contributed by atoms with Crippen LogP contribution in [0.2, 0.25) is 5.02 Å². The monoisotopic (exact) mass is 292 g/mol. The van der Waals surface area contributed by atoms with Crippen molar-refractivity contribution < 1.29 is 4.39 Å². The van der Waals surface area contributed by atoms with Gasteiger partial charge in [-0.05, 0) is 23.6 Å². The maximum atomic E-state index is 14.1. The van der Waals surface area contributed by atoms with Crippen molar-refractivity contribution in [1.29, 1.82) is 0 Å². The highest BCUT2D eigenvalue weighted by Gasteiger charge is 2.18. The summed E-state index contributed by atoms with van der Waals surface area (Å²) in [6.45, 7) is 2.14. The van der Waals surface area contributed by atoms with E-state index in [0.29, 0.717) is 5.56 Å². The molecule has 1 unspecified atom stereocenters. The fraction of sp³-hybridized carbons (Fsp3) is 0.250. The predicted molar refractivity (Wildman–Crippen MR) is 81.0 cm³/mol. The van der Waals surface area contributed by atoms with E-state index in [9.17, 15) is 4.39 Å². The van der Waals surface area contributed by atoms with Gasteiger partial charge in [-0.3, -0.25) is 5.84 Å². The second-order valence-corrected chi connectivity index (χ2v) is 5.14. The Morgan fingerprint density at radius 2 is 1.90 bits per heavy atom. The van der Waals surface area contributed by atoms with Gasteiger partial charge in [-0.1, -0.05) is 61.3 Å². The molecule has 3 N–H and O–H groups in total. The first-order valence-electron chi connectivity index (χ1n) is 6.66. The van der Waals surface area contributed by atoms with Gasteiger partial charge in [-0.15, -0.1) is 0 Å². The van der Waals surface area contributed by atoms with Crippen LogP contribution in [-0.2, 0) is 6.42 Å². The third kappa shape index (κ3) is 3.18. The number of rotatable bonds is 5. The molecule has 106 valence electrons. The molecule has 0 saturated carbocycles. The second-order valence-electron chi connectivity index (χ2n) is 4.73. The zero-order valence-corrected chi connectivity index (χ0v) is 12.1. The number of hydrazine groups is 1. The SMILES string of the molecule is CCCc1ccc(C(NN)c2cccc(Cl)c2F)cc1. The van der Waals surface area contributed by atoms with Crippen LogP contribution in [0.4, 0.5) is 4.39 Å². The average Bonchev–Trinajstić information content (AvgIpc) is 2.46. The summed E-state index contributed by atoms with van der Waals surface area (Å²) in [5, 5.41) is 0.102. The Bertz CT molecular complexity index is 569. The molecule has 4 heteroatoms. The second kappa shape index (κ2) is 6.84. The molecular formula is C16H18ClFN2. The summed E-state index contributed by atoms with van der Waals surface area (Å²) in [7, 11) is 0. The molecule has 0 heterocycles. The van der Waals surface area contributed by atoms with Gasteiger partial charge >= 0.3 is 0 Å². The molecule has 0 spiro atoms. The lowest BCUT2D eigenvalue weighted by molar-refractivity contribution is 0.560. The van der Waals surface area contributed by atoms with E-state index in [1.807, 2.05) is 24.3 Å². The number of nitrogens with two attached hydrogens (primary N) is 1. The van der Waals surface area contributed by atoms with Crippen LogP contribution >= 0.6 is 11.6 Å². The fourth-order valence-corrected chi connectivity index (χ4v) is 2.46. The lowest BCUT2D eigenvalue weighted by Crippen LogP contribution is -2.29. The van der Waals surface area contributed by atoms with Gasteiger partial charge in [0.1, 0.15) is 5.82 Å². The molecule has 2 rings (SSSR count). The van der Waals surface area contributed by atoms with Gasteiger partial charge in [-0.2, -0.15) is 0 Å². The zero-order chi connectivity index (χ0) is 14.5. The molecule has 0 aliphatic rings. The Kier molecular flexibility index (Phi) is 5.12. The molecule has 2 nitrogen and oxygen atoms in total. The quantitative estimate of drug-likeness (QED) is 0.646. The van der Waals surface area contributed by atoms with Gasteiger partial charge in [0.25, 0.3) is 0 Å². The number of benzene rings is 2. The molecule has 1 atom stereocenters. The average molecular weight is 293 g/mol. The minimum atomic E-state index is -0.435. The molecule has 0 aliphatic heterocycles. The summed E-state index contributed by atoms with van der Waals surface area (Å²) < 4.78 is 14.1. The summed E-state index contributed by atoms with van der Waals surface area (Å²) in [6, 6.07) is 12.5. The number of hydrogen-bond donors (Lipinski definition) is 2. The van der Waals surface area contributed by atoms with E-state index in [1.165, 1.54) is 11.6 Å². The lowest BCUT2D eigenvalue weighted by atomic mass is 9.97. The zero-order valence-electron chi connectivity index (χ0n) is 11.4. The van der Waals surface area contributed by atoms with Gasteiger partial charge in [0, 0.05) is 5.56 Å². The van der Waals surface area contributed by atoms with Crippen molar-refractivity contribution in [2.75, 3.05) is 0 Å². The third-order valence-corrected chi connectivity index (χ3v) is 3.60. The highest BCUT2D eigenvalue weighted by molar-refractivity contribution is 6.30. The van der Waals surface area contributed by atoms with Crippen LogP contribution in [0, 0.1) is 5.82 Å². The van der Waals surface area contributed by atoms with Gasteiger partial charge in [0.05, 0.1) is 11.1 Å². The van der Waals surface area contributed by atoms with Crippen molar-refractivity contribution >= 4 is 11.6 Å². The van der Waals surface area contributed by atoms with Crippen LogP contribution in [0.5, 0.6) is 0 Å². The highest BCUT2D eigenvalue weighted by atomic mass is 35.5. The van der Waals surface area contributed by atoms with E-state index < -0.39 is 11.9 Å². The largest absolute Gasteiger partial charge is 0.271 e. The number of aryl methyl sites for hydroxylation is 1. The minimum Gasteiger partial charge on any atom is -0.271 e. The standard InChI is InChI=1S/C16H18ClFN2/c1-2-4-11-7-9-12(10-8-11)16(20-19)13-5-3-6-14(17)15(13)18/h3,5-10,16,20H,2,4,19H2,1H3. The van der Waals surface area contributed by atoms with Crippen LogP contribution in [0.1, 0.15) is 36.1 Å². The first kappa shape index (κ1) is 15.0. The van der Waals surface area contributed by atoms with Gasteiger partial charge in [0.15, 0.2) is 0 Å². The molecule has 20 heavy (non-hydrogen) atoms. The van der Waals surface area contributed by atoms with E-state index in [-0.39, 0.29) is 5.02 Å². The molecule has 0 saturated heterocycles. The molecule has 0 amide bonds. The predicted octanol–water partition coefficient (Wildman–Crippen LogP) is 3.98. The van der Waals surface area contributed by atoms with Crippen molar-refractivity contribution in [3.05, 3.63) is 70.0 Å². The van der Waals surface area contributed by atoms with Gasteiger partial charge in [0.2, 0.25) is 0 Å². The molecule has 2 aromatic carbocycles. The fourth-order valence-electron chi connectivity index (χ4n) is 2.27. The summed E-state index contributed by atoms with van der Waals surface area (Å²) >= 11 is 5.83. The molecule has 2 aromatic rings. The van der Waals surface area contributed by atoms with E-state index in [2.05, 4.69) is 12.3 Å². The summed E-state index contributed by atoms with van der Waals surface area (Å²) in [6.07, 6.45) is 2.13. The third-order valence-electron chi connectivity index (χ3n) is 3.31. The smallest absolute Gasteiger partial charge is 0.146 e. The van der Waals surface area contributed by atoms with Crippen LogP contribution < -0.4 is 11.3 Å². The van der Waals surface area contributed by atoms with Crippen molar-refractivity contribution in [2.24, 2.45) is 5.84 Å². The maximum Gasteiger partial charge on any atom is 0.146 e. The van der Waals surface area contributed by atoms with Crippen LogP contribution in [0.25, 0.3) is 0 Å². The Morgan fingerprint density at radius 3 is 2.50 bits per heavy atom. The Morgan fingerprint density at radius 1 is 1.20 bits per heavy atom. The summed E-state index contributed by atoms with van der Waals surface area (Å²) in [5.74, 6) is 5.16. The molecule has 0 bridgehead atoms. The number of halogens is 2. The van der Waals surface area contributed by atoms with Crippen LogP contribution in [0.15, 0.2) is 42.5 Å². The first-order valence-corrected chi connectivity index (χ1v) is 7.04. The minimum absolute atomic E-state index is 0.102. The topological polar surface area (TPSA) is 38.0 Å². The Balaban J connectivity index is 2.34. The summed E-state index contributed by atoms with van der Waals surface area (Å²) in [5.41, 5.74) is 5.28. The van der Waals surface area contributed by atoms with Crippen molar-refractivity contribution in [2.45, 2.75) is 25.8 Å². The Labute approximate surface area is 123 Å². The number of nitrogens with one attached hydrogen (secondary N) is 1. The molecular weight excluding hydrogens is 275 g/mol. The summed E-state index contributed by atoms with van der Waals surface area (Å²) in [4.78, 5) is 0.